The number of hydrogen-bond donors (Lipinski definition) is 2. The number of rotatable bonds is 4. The Morgan fingerprint density at radius 1 is 1.50 bits per heavy atom. The van der Waals surface area contributed by atoms with Crippen LogP contribution in [0.15, 0.2) is 18.2 Å². The first-order chi connectivity index (χ1) is 9.50. The molecule has 0 aliphatic carbocycles. The molecule has 0 bridgehead atoms. The SMILES string of the molecule is CC1OCCC1C(=O)NCC(O)c1c(Cl)cccc1Cl. The molecular formula is C14H17Cl2NO3. The van der Waals surface area contributed by atoms with Crippen molar-refractivity contribution >= 4 is 29.1 Å². The number of ether oxygens (including phenoxy) is 1. The predicted octanol–water partition coefficient (Wildman–Crippen LogP) is 2.57. The van der Waals surface area contributed by atoms with E-state index >= 15 is 0 Å². The second-order valence-corrected chi connectivity index (χ2v) is 5.68. The zero-order valence-electron chi connectivity index (χ0n) is 11.1. The number of amides is 1. The van der Waals surface area contributed by atoms with Gasteiger partial charge in [0, 0.05) is 28.8 Å². The average molecular weight is 318 g/mol. The third kappa shape index (κ3) is 3.44. The fraction of sp³-hybridized carbons (Fsp3) is 0.500. The van der Waals surface area contributed by atoms with Crippen molar-refractivity contribution in [2.75, 3.05) is 13.2 Å². The Hall–Kier alpha value is -0.810. The van der Waals surface area contributed by atoms with Crippen LogP contribution >= 0.6 is 23.2 Å². The molecule has 110 valence electrons. The number of halogens is 2. The molecule has 1 fully saturated rings. The van der Waals surface area contributed by atoms with Crippen molar-refractivity contribution in [1.29, 1.82) is 0 Å². The Bertz CT molecular complexity index is 475. The highest BCUT2D eigenvalue weighted by Crippen LogP contribution is 2.30. The lowest BCUT2D eigenvalue weighted by Gasteiger charge is -2.18. The molecule has 6 heteroatoms. The minimum absolute atomic E-state index is 0.0749. The van der Waals surface area contributed by atoms with Gasteiger partial charge in [-0.2, -0.15) is 0 Å². The van der Waals surface area contributed by atoms with Crippen molar-refractivity contribution in [3.63, 3.8) is 0 Å². The average Bonchev–Trinajstić information content (AvgIpc) is 2.82. The summed E-state index contributed by atoms with van der Waals surface area (Å²) >= 11 is 12.0. The standard InChI is InChI=1S/C14H17Cl2NO3/c1-8-9(5-6-20-8)14(19)17-7-12(18)13-10(15)3-2-4-11(13)16/h2-4,8-9,12,18H,5-7H2,1H3,(H,17,19). The molecule has 1 amide bonds. The van der Waals surface area contributed by atoms with E-state index in [4.69, 9.17) is 27.9 Å². The molecule has 3 unspecified atom stereocenters. The molecule has 1 heterocycles. The topological polar surface area (TPSA) is 58.6 Å². The van der Waals surface area contributed by atoms with Crippen LogP contribution in [0.2, 0.25) is 10.0 Å². The lowest BCUT2D eigenvalue weighted by atomic mass is 10.0. The van der Waals surface area contributed by atoms with E-state index in [2.05, 4.69) is 5.32 Å². The lowest BCUT2D eigenvalue weighted by molar-refractivity contribution is -0.126. The van der Waals surface area contributed by atoms with E-state index in [0.717, 1.165) is 0 Å². The highest BCUT2D eigenvalue weighted by Gasteiger charge is 2.31. The highest BCUT2D eigenvalue weighted by molar-refractivity contribution is 6.36. The van der Waals surface area contributed by atoms with Crippen molar-refractivity contribution in [2.24, 2.45) is 5.92 Å². The van der Waals surface area contributed by atoms with Gasteiger partial charge in [0.15, 0.2) is 0 Å². The van der Waals surface area contributed by atoms with E-state index in [1.807, 2.05) is 6.92 Å². The monoisotopic (exact) mass is 317 g/mol. The lowest BCUT2D eigenvalue weighted by Crippen LogP contribution is -2.36. The fourth-order valence-electron chi connectivity index (χ4n) is 2.34. The molecule has 4 nitrogen and oxygen atoms in total. The van der Waals surface area contributed by atoms with Gasteiger partial charge in [-0.25, -0.2) is 0 Å². The second-order valence-electron chi connectivity index (χ2n) is 4.87. The van der Waals surface area contributed by atoms with Crippen LogP contribution in [-0.4, -0.2) is 30.3 Å². The first-order valence-electron chi connectivity index (χ1n) is 6.52. The van der Waals surface area contributed by atoms with Gasteiger partial charge < -0.3 is 15.2 Å². The summed E-state index contributed by atoms with van der Waals surface area (Å²) in [6.45, 7) is 2.54. The van der Waals surface area contributed by atoms with E-state index in [-0.39, 0.29) is 24.5 Å². The summed E-state index contributed by atoms with van der Waals surface area (Å²) in [6, 6.07) is 5.01. The van der Waals surface area contributed by atoms with Crippen LogP contribution in [0.4, 0.5) is 0 Å². The van der Waals surface area contributed by atoms with Crippen LogP contribution in [0.1, 0.15) is 25.0 Å². The van der Waals surface area contributed by atoms with Gasteiger partial charge >= 0.3 is 0 Å². The minimum atomic E-state index is -0.933. The third-order valence-electron chi connectivity index (χ3n) is 3.52. The first-order valence-corrected chi connectivity index (χ1v) is 7.27. The van der Waals surface area contributed by atoms with Gasteiger partial charge in [-0.15, -0.1) is 0 Å². The van der Waals surface area contributed by atoms with Gasteiger partial charge in [0.05, 0.1) is 18.1 Å². The Morgan fingerprint density at radius 3 is 2.70 bits per heavy atom. The summed E-state index contributed by atoms with van der Waals surface area (Å²) in [5.74, 6) is -0.277. The minimum Gasteiger partial charge on any atom is -0.386 e. The number of carbonyl (C=O) groups is 1. The summed E-state index contributed by atoms with van der Waals surface area (Å²) in [4.78, 5) is 12.0. The van der Waals surface area contributed by atoms with Crippen molar-refractivity contribution in [2.45, 2.75) is 25.6 Å². The molecule has 2 N–H and O–H groups in total. The van der Waals surface area contributed by atoms with Gasteiger partial charge in [-0.1, -0.05) is 29.3 Å². The molecule has 2 rings (SSSR count). The van der Waals surface area contributed by atoms with Gasteiger partial charge in [0.25, 0.3) is 0 Å². The summed E-state index contributed by atoms with van der Waals surface area (Å²) in [5, 5.41) is 13.6. The first kappa shape index (κ1) is 15.6. The zero-order valence-corrected chi connectivity index (χ0v) is 12.6. The van der Waals surface area contributed by atoms with E-state index in [0.29, 0.717) is 28.6 Å². The van der Waals surface area contributed by atoms with Crippen LogP contribution in [0.5, 0.6) is 0 Å². The maximum Gasteiger partial charge on any atom is 0.225 e. The number of benzene rings is 1. The molecule has 3 atom stereocenters. The normalized spacial score (nSPS) is 23.6. The van der Waals surface area contributed by atoms with Crippen LogP contribution in [0.25, 0.3) is 0 Å². The predicted molar refractivity (Wildman–Crippen MR) is 78.0 cm³/mol. The molecule has 1 aromatic rings. The van der Waals surface area contributed by atoms with Crippen LogP contribution in [0.3, 0.4) is 0 Å². The molecule has 20 heavy (non-hydrogen) atoms. The number of aliphatic hydroxyl groups is 1. The van der Waals surface area contributed by atoms with Crippen molar-refractivity contribution in [3.8, 4) is 0 Å². The van der Waals surface area contributed by atoms with E-state index in [1.165, 1.54) is 0 Å². The Morgan fingerprint density at radius 2 is 2.15 bits per heavy atom. The second kappa shape index (κ2) is 6.76. The fourth-order valence-corrected chi connectivity index (χ4v) is 2.98. The molecule has 0 radical (unpaired) electrons. The molecule has 1 aromatic carbocycles. The summed E-state index contributed by atoms with van der Waals surface area (Å²) < 4.78 is 5.35. The van der Waals surface area contributed by atoms with E-state index in [1.54, 1.807) is 18.2 Å². The Labute approximate surface area is 128 Å². The van der Waals surface area contributed by atoms with Crippen LogP contribution in [-0.2, 0) is 9.53 Å². The molecular weight excluding hydrogens is 301 g/mol. The molecule has 0 spiro atoms. The number of hydrogen-bond acceptors (Lipinski definition) is 3. The van der Waals surface area contributed by atoms with Gasteiger partial charge in [0.2, 0.25) is 5.91 Å². The Balaban J connectivity index is 1.95. The van der Waals surface area contributed by atoms with Crippen LogP contribution in [0, 0.1) is 5.92 Å². The van der Waals surface area contributed by atoms with E-state index in [9.17, 15) is 9.90 Å². The third-order valence-corrected chi connectivity index (χ3v) is 4.17. The maximum atomic E-state index is 12.0. The number of nitrogens with one attached hydrogen (secondary N) is 1. The van der Waals surface area contributed by atoms with Crippen LogP contribution < -0.4 is 5.32 Å². The number of aliphatic hydroxyl groups excluding tert-OH is 1. The van der Waals surface area contributed by atoms with Crippen molar-refractivity contribution in [1.82, 2.24) is 5.32 Å². The summed E-state index contributed by atoms with van der Waals surface area (Å²) in [5.41, 5.74) is 0.437. The maximum absolute atomic E-state index is 12.0. The number of carbonyl (C=O) groups excluding carboxylic acids is 1. The molecule has 1 aliphatic rings. The van der Waals surface area contributed by atoms with Gasteiger partial charge in [-0.05, 0) is 25.5 Å². The largest absolute Gasteiger partial charge is 0.386 e. The Kier molecular flexibility index (Phi) is 5.27. The quantitative estimate of drug-likeness (QED) is 0.897. The summed E-state index contributed by atoms with van der Waals surface area (Å²) in [7, 11) is 0. The van der Waals surface area contributed by atoms with Crippen molar-refractivity contribution in [3.05, 3.63) is 33.8 Å². The molecule has 1 aliphatic heterocycles. The zero-order chi connectivity index (χ0) is 14.7. The molecule has 0 saturated carbocycles. The molecule has 1 saturated heterocycles. The van der Waals surface area contributed by atoms with Gasteiger partial charge in [0.1, 0.15) is 0 Å². The van der Waals surface area contributed by atoms with E-state index < -0.39 is 6.10 Å². The molecule has 0 aromatic heterocycles. The summed E-state index contributed by atoms with van der Waals surface area (Å²) in [6.07, 6.45) is -0.315. The highest BCUT2D eigenvalue weighted by atomic mass is 35.5. The van der Waals surface area contributed by atoms with Gasteiger partial charge in [-0.3, -0.25) is 4.79 Å². The van der Waals surface area contributed by atoms with Crippen molar-refractivity contribution < 1.29 is 14.6 Å². The smallest absolute Gasteiger partial charge is 0.225 e.